The van der Waals surface area contributed by atoms with Crippen LogP contribution in [0.1, 0.15) is 16.7 Å². The van der Waals surface area contributed by atoms with Crippen molar-refractivity contribution in [2.24, 2.45) is 0 Å². The Balaban J connectivity index is 1.95. The number of benzene rings is 2. The summed E-state index contributed by atoms with van der Waals surface area (Å²) in [6.45, 7) is 1.63. The van der Waals surface area contributed by atoms with Crippen molar-refractivity contribution in [3.05, 3.63) is 79.8 Å². The minimum Gasteiger partial charge on any atom is -0.258 e. The first kappa shape index (κ1) is 18.3. The predicted octanol–water partition coefficient (Wildman–Crippen LogP) is 2.71. The van der Waals surface area contributed by atoms with Gasteiger partial charge < -0.3 is 0 Å². The Bertz CT molecular complexity index is 1050. The van der Waals surface area contributed by atoms with Gasteiger partial charge in [0.15, 0.2) is 0 Å². The molecule has 0 fully saturated rings. The smallest absolute Gasteiger partial charge is 0.258 e. The molecule has 0 aliphatic carbocycles. The van der Waals surface area contributed by atoms with E-state index in [4.69, 9.17) is 0 Å². The molecule has 0 amide bonds. The van der Waals surface area contributed by atoms with Crippen molar-refractivity contribution in [2.45, 2.75) is 19.6 Å². The maximum absolute atomic E-state index is 12.7. The van der Waals surface area contributed by atoms with Gasteiger partial charge in [-0.25, -0.2) is 4.79 Å². The normalized spacial score (nSPS) is 11.6. The van der Waals surface area contributed by atoms with E-state index in [2.05, 4.69) is 10.3 Å². The lowest BCUT2D eigenvalue weighted by Gasteiger charge is -2.11. The lowest BCUT2D eigenvalue weighted by atomic mass is 10.1. The lowest BCUT2D eigenvalue weighted by Crippen LogP contribution is -2.23. The van der Waals surface area contributed by atoms with Gasteiger partial charge in [0.1, 0.15) is 0 Å². The van der Waals surface area contributed by atoms with Gasteiger partial charge in [0, 0.05) is 11.6 Å². The number of hydrogen-bond acceptors (Lipinski definition) is 5. The Kier molecular flexibility index (Phi) is 4.52. The van der Waals surface area contributed by atoms with E-state index in [1.807, 2.05) is 0 Å². The zero-order valence-electron chi connectivity index (χ0n) is 13.8. The van der Waals surface area contributed by atoms with Crippen LogP contribution in [0.4, 0.5) is 18.9 Å². The minimum atomic E-state index is -4.49. The van der Waals surface area contributed by atoms with Crippen LogP contribution in [-0.4, -0.2) is 24.7 Å². The summed E-state index contributed by atoms with van der Waals surface area (Å²) in [5.41, 5.74) is -0.434. The summed E-state index contributed by atoms with van der Waals surface area (Å²) in [5, 5.41) is 18.0. The predicted molar refractivity (Wildman–Crippen MR) is 87.6 cm³/mol. The summed E-state index contributed by atoms with van der Waals surface area (Å²) in [7, 11) is 0. The Hall–Kier alpha value is -3.50. The molecule has 0 bridgehead atoms. The van der Waals surface area contributed by atoms with Gasteiger partial charge in [0.05, 0.1) is 22.7 Å². The Labute approximate surface area is 149 Å². The van der Waals surface area contributed by atoms with Crippen LogP contribution in [0.25, 0.3) is 5.69 Å². The molecule has 27 heavy (non-hydrogen) atoms. The molecule has 3 aromatic rings. The molecule has 2 aromatic carbocycles. The molecule has 0 aliphatic heterocycles. The van der Waals surface area contributed by atoms with Crippen molar-refractivity contribution in [1.29, 1.82) is 0 Å². The summed E-state index contributed by atoms with van der Waals surface area (Å²) < 4.78 is 39.1. The molecule has 0 atom stereocenters. The zero-order valence-corrected chi connectivity index (χ0v) is 13.8. The Morgan fingerprint density at radius 1 is 1.15 bits per heavy atom. The van der Waals surface area contributed by atoms with Crippen LogP contribution in [0.15, 0.2) is 47.3 Å². The summed E-state index contributed by atoms with van der Waals surface area (Å²) in [6, 6.07) is 8.42. The monoisotopic (exact) mass is 379 g/mol. The number of hydrogen-bond donors (Lipinski definition) is 0. The van der Waals surface area contributed by atoms with E-state index in [1.54, 1.807) is 13.0 Å². The van der Waals surface area contributed by atoms with Gasteiger partial charge >= 0.3 is 11.9 Å². The number of nitro benzene ring substituents is 1. The van der Waals surface area contributed by atoms with E-state index in [0.717, 1.165) is 28.9 Å². The number of alkyl halides is 3. The molecule has 0 unspecified atom stereocenters. The van der Waals surface area contributed by atoms with Gasteiger partial charge in [0.25, 0.3) is 5.69 Å². The number of rotatable bonds is 4. The molecular weight excluding hydrogens is 367 g/mol. The van der Waals surface area contributed by atoms with Gasteiger partial charge in [-0.2, -0.15) is 22.6 Å². The summed E-state index contributed by atoms with van der Waals surface area (Å²) in [6.07, 6.45) is -4.49. The molecule has 8 nitrogen and oxygen atoms in total. The largest absolute Gasteiger partial charge is 0.416 e. The Morgan fingerprint density at radius 2 is 1.81 bits per heavy atom. The second-order valence-electron chi connectivity index (χ2n) is 5.74. The number of nitrogens with zero attached hydrogens (tertiary/aromatic N) is 5. The van der Waals surface area contributed by atoms with E-state index in [9.17, 15) is 28.1 Å². The molecule has 3 rings (SSSR count). The standard InChI is InChI=1S/C16H12F3N5O3/c1-10-8-11(2-7-14(10)24(26)27)9-22-21-20-15(25)23(22)13-5-3-12(4-6-13)16(17,18)19/h2-8H,9H2,1H3. The molecule has 140 valence electrons. The fourth-order valence-electron chi connectivity index (χ4n) is 2.59. The third-order valence-electron chi connectivity index (χ3n) is 3.87. The Morgan fingerprint density at radius 3 is 2.37 bits per heavy atom. The third-order valence-corrected chi connectivity index (χ3v) is 3.87. The van der Waals surface area contributed by atoms with Gasteiger partial charge in [0.2, 0.25) is 0 Å². The quantitative estimate of drug-likeness (QED) is 0.513. The second-order valence-corrected chi connectivity index (χ2v) is 5.74. The van der Waals surface area contributed by atoms with E-state index < -0.39 is 22.4 Å². The number of aryl methyl sites for hydroxylation is 1. The van der Waals surface area contributed by atoms with Gasteiger partial charge in [-0.15, -0.1) is 0 Å². The highest BCUT2D eigenvalue weighted by molar-refractivity contribution is 5.42. The van der Waals surface area contributed by atoms with Gasteiger partial charge in [-0.3, -0.25) is 10.1 Å². The van der Waals surface area contributed by atoms with Crippen LogP contribution < -0.4 is 5.69 Å². The SMILES string of the molecule is Cc1cc(Cn2nnc(=O)n2-c2ccc(C(F)(F)F)cc2)ccc1[N+](=O)[O-]. The van der Waals surface area contributed by atoms with Crippen LogP contribution in [0.5, 0.6) is 0 Å². The summed E-state index contributed by atoms with van der Waals surface area (Å²) in [5.74, 6) is 0. The average Bonchev–Trinajstić information content (AvgIpc) is 2.94. The van der Waals surface area contributed by atoms with Gasteiger partial charge in [-0.1, -0.05) is 11.2 Å². The third kappa shape index (κ3) is 3.71. The van der Waals surface area contributed by atoms with Crippen molar-refractivity contribution in [1.82, 2.24) is 19.8 Å². The van der Waals surface area contributed by atoms with E-state index >= 15 is 0 Å². The second kappa shape index (κ2) is 6.67. The molecule has 1 aromatic heterocycles. The zero-order chi connectivity index (χ0) is 19.8. The molecule has 0 radical (unpaired) electrons. The van der Waals surface area contributed by atoms with Crippen LogP contribution in [-0.2, 0) is 12.7 Å². The number of aromatic nitrogens is 4. The molecular formula is C16H12F3N5O3. The number of tetrazole rings is 1. The van der Waals surface area contributed by atoms with Crippen molar-refractivity contribution < 1.29 is 18.1 Å². The van der Waals surface area contributed by atoms with Crippen molar-refractivity contribution in [3.63, 3.8) is 0 Å². The van der Waals surface area contributed by atoms with Crippen LogP contribution >= 0.6 is 0 Å². The van der Waals surface area contributed by atoms with E-state index in [1.165, 1.54) is 16.9 Å². The highest BCUT2D eigenvalue weighted by Crippen LogP contribution is 2.29. The fraction of sp³-hybridized carbons (Fsp3) is 0.188. The first-order chi connectivity index (χ1) is 12.7. The van der Waals surface area contributed by atoms with Crippen LogP contribution in [0.3, 0.4) is 0 Å². The molecule has 0 aliphatic rings. The average molecular weight is 379 g/mol. The van der Waals surface area contributed by atoms with Gasteiger partial charge in [-0.05, 0) is 48.0 Å². The molecule has 0 N–H and O–H groups in total. The molecule has 0 saturated heterocycles. The lowest BCUT2D eigenvalue weighted by molar-refractivity contribution is -0.385. The maximum atomic E-state index is 12.7. The topological polar surface area (TPSA) is 95.8 Å². The number of nitro groups is 1. The minimum absolute atomic E-state index is 0.0440. The number of halogens is 3. The van der Waals surface area contributed by atoms with Crippen molar-refractivity contribution in [3.8, 4) is 5.69 Å². The summed E-state index contributed by atoms with van der Waals surface area (Å²) >= 11 is 0. The highest BCUT2D eigenvalue weighted by Gasteiger charge is 2.30. The van der Waals surface area contributed by atoms with E-state index in [-0.39, 0.29) is 17.9 Å². The maximum Gasteiger partial charge on any atom is 0.416 e. The first-order valence-corrected chi connectivity index (χ1v) is 7.61. The first-order valence-electron chi connectivity index (χ1n) is 7.61. The molecule has 0 saturated carbocycles. The van der Waals surface area contributed by atoms with Crippen LogP contribution in [0, 0.1) is 17.0 Å². The van der Waals surface area contributed by atoms with Crippen molar-refractivity contribution >= 4 is 5.69 Å². The highest BCUT2D eigenvalue weighted by atomic mass is 19.4. The molecule has 11 heteroatoms. The van der Waals surface area contributed by atoms with Crippen LogP contribution in [0.2, 0.25) is 0 Å². The summed E-state index contributed by atoms with van der Waals surface area (Å²) in [4.78, 5) is 23.5. The molecule has 0 spiro atoms. The van der Waals surface area contributed by atoms with Crippen molar-refractivity contribution in [2.75, 3.05) is 0 Å². The molecule has 1 heterocycles. The fourth-order valence-corrected chi connectivity index (χ4v) is 2.59. The van der Waals surface area contributed by atoms with E-state index in [0.29, 0.717) is 11.1 Å².